The maximum absolute atomic E-state index is 12.8. The Kier molecular flexibility index (Phi) is 6.50. The number of hydrogen-bond donors (Lipinski definition) is 1. The second kappa shape index (κ2) is 8.89. The molecule has 8 nitrogen and oxygen atoms in total. The molecular formula is C18H18N4O4S3. The molecule has 2 N–H and O–H groups in total. The number of benzene rings is 1. The van der Waals surface area contributed by atoms with E-state index in [2.05, 4.69) is 15.1 Å². The summed E-state index contributed by atoms with van der Waals surface area (Å²) in [6.07, 6.45) is 0. The van der Waals surface area contributed by atoms with Crippen molar-refractivity contribution in [1.82, 2.24) is 9.97 Å². The fourth-order valence-corrected chi connectivity index (χ4v) is 4.44. The predicted molar refractivity (Wildman–Crippen MR) is 115 cm³/mol. The van der Waals surface area contributed by atoms with Gasteiger partial charge >= 0.3 is 5.97 Å². The van der Waals surface area contributed by atoms with Gasteiger partial charge in [-0.15, -0.1) is 22.7 Å². The Balaban J connectivity index is 1.74. The Morgan fingerprint density at radius 1 is 1.24 bits per heavy atom. The number of esters is 1. The quantitative estimate of drug-likeness (QED) is 0.150. The predicted octanol–water partition coefficient (Wildman–Crippen LogP) is 3.92. The molecule has 0 spiro atoms. The van der Waals surface area contributed by atoms with Crippen LogP contribution in [0.3, 0.4) is 0 Å². The van der Waals surface area contributed by atoms with E-state index in [1.807, 2.05) is 24.3 Å². The van der Waals surface area contributed by atoms with Crippen LogP contribution in [0, 0.1) is 5.41 Å². The van der Waals surface area contributed by atoms with E-state index in [0.29, 0.717) is 9.47 Å². The second-order valence-corrected chi connectivity index (χ2v) is 9.92. The molecule has 0 saturated heterocycles. The highest BCUT2D eigenvalue weighted by Crippen LogP contribution is 2.30. The van der Waals surface area contributed by atoms with Crippen LogP contribution in [0.2, 0.25) is 0 Å². The Bertz CT molecular complexity index is 1040. The van der Waals surface area contributed by atoms with Crippen molar-refractivity contribution in [2.24, 2.45) is 10.6 Å². The van der Waals surface area contributed by atoms with E-state index in [1.54, 1.807) is 26.2 Å². The van der Waals surface area contributed by atoms with Crippen molar-refractivity contribution in [3.8, 4) is 0 Å². The Labute approximate surface area is 179 Å². The van der Waals surface area contributed by atoms with E-state index in [9.17, 15) is 9.59 Å². The molecule has 0 amide bonds. The first-order valence-electron chi connectivity index (χ1n) is 8.40. The van der Waals surface area contributed by atoms with Crippen molar-refractivity contribution in [3.05, 3.63) is 35.3 Å². The number of anilines is 1. The van der Waals surface area contributed by atoms with Crippen LogP contribution in [-0.4, -0.2) is 33.6 Å². The number of thioether (sulfide) groups is 1. The van der Waals surface area contributed by atoms with Crippen molar-refractivity contribution < 1.29 is 19.2 Å². The van der Waals surface area contributed by atoms with Gasteiger partial charge in [-0.2, -0.15) is 0 Å². The maximum atomic E-state index is 12.8. The topological polar surface area (TPSA) is 117 Å². The standard InChI is InChI=1S/C18H18N4O4S3/c1-18(2,3)15(24)25-9-26-22-13(11-8-27-16(19)20-11)14(23)29-17-21-10-6-4-5-7-12(10)28-17/h4-8H,9H2,1-3H3,(H2,19,20)/b22-13-. The molecular weight excluding hydrogens is 432 g/mol. The van der Waals surface area contributed by atoms with Gasteiger partial charge < -0.3 is 15.3 Å². The molecule has 2 aromatic heterocycles. The van der Waals surface area contributed by atoms with Crippen molar-refractivity contribution >= 4 is 66.6 Å². The van der Waals surface area contributed by atoms with Gasteiger partial charge in [0.25, 0.3) is 6.79 Å². The average Bonchev–Trinajstić information content (AvgIpc) is 3.25. The summed E-state index contributed by atoms with van der Waals surface area (Å²) in [6.45, 7) is 4.75. The lowest BCUT2D eigenvalue weighted by Crippen LogP contribution is -2.24. The first-order valence-corrected chi connectivity index (χ1v) is 10.9. The van der Waals surface area contributed by atoms with Gasteiger partial charge in [-0.1, -0.05) is 17.3 Å². The van der Waals surface area contributed by atoms with Crippen LogP contribution < -0.4 is 5.73 Å². The minimum absolute atomic E-state index is 0.0333. The highest BCUT2D eigenvalue weighted by molar-refractivity contribution is 8.16. The summed E-state index contributed by atoms with van der Waals surface area (Å²) >= 11 is 3.50. The second-order valence-electron chi connectivity index (χ2n) is 6.78. The van der Waals surface area contributed by atoms with Crippen LogP contribution in [0.25, 0.3) is 10.2 Å². The number of carbonyl (C=O) groups is 2. The molecule has 29 heavy (non-hydrogen) atoms. The number of nitrogens with zero attached hydrogens (tertiary/aromatic N) is 3. The average molecular weight is 451 g/mol. The van der Waals surface area contributed by atoms with E-state index in [1.165, 1.54) is 22.7 Å². The monoisotopic (exact) mass is 450 g/mol. The number of nitrogens with two attached hydrogens (primary N) is 1. The molecule has 3 aromatic rings. The van der Waals surface area contributed by atoms with Gasteiger partial charge in [0.1, 0.15) is 5.69 Å². The summed E-state index contributed by atoms with van der Waals surface area (Å²) in [5.41, 5.74) is 6.07. The van der Waals surface area contributed by atoms with Gasteiger partial charge in [0.15, 0.2) is 15.2 Å². The summed E-state index contributed by atoms with van der Waals surface area (Å²) < 4.78 is 6.55. The Morgan fingerprint density at radius 3 is 2.66 bits per heavy atom. The molecule has 0 aliphatic rings. The van der Waals surface area contributed by atoms with Crippen LogP contribution in [0.4, 0.5) is 5.13 Å². The molecule has 0 unspecified atom stereocenters. The number of fused-ring (bicyclic) bond motifs is 1. The number of para-hydroxylation sites is 1. The van der Waals surface area contributed by atoms with Gasteiger partial charge in [-0.3, -0.25) is 9.59 Å². The van der Waals surface area contributed by atoms with Gasteiger partial charge in [0, 0.05) is 5.38 Å². The first kappa shape index (κ1) is 21.2. The van der Waals surface area contributed by atoms with Gasteiger partial charge in [-0.05, 0) is 44.7 Å². The number of aromatic nitrogens is 2. The zero-order valence-corrected chi connectivity index (χ0v) is 18.3. The minimum atomic E-state index is -0.669. The zero-order chi connectivity index (χ0) is 21.0. The van der Waals surface area contributed by atoms with Crippen LogP contribution in [0.15, 0.2) is 39.1 Å². The highest BCUT2D eigenvalue weighted by atomic mass is 32.2. The SMILES string of the molecule is CC(C)(C)C(=O)OCO/N=C(\C(=O)Sc1nc2ccccc2s1)c1csc(N)n1. The molecule has 0 saturated carbocycles. The summed E-state index contributed by atoms with van der Waals surface area (Å²) in [4.78, 5) is 38.2. The van der Waals surface area contributed by atoms with Crippen LogP contribution in [0.5, 0.6) is 0 Å². The molecule has 0 aliphatic heterocycles. The summed E-state index contributed by atoms with van der Waals surface area (Å²) in [5.74, 6) is -0.442. The lowest BCUT2D eigenvalue weighted by atomic mass is 9.98. The molecule has 3 rings (SSSR count). The number of thiazole rings is 2. The van der Waals surface area contributed by atoms with Crippen molar-refractivity contribution in [2.75, 3.05) is 12.5 Å². The molecule has 0 bridgehead atoms. The molecule has 0 fully saturated rings. The summed E-state index contributed by atoms with van der Waals surface area (Å²) in [7, 11) is 0. The van der Waals surface area contributed by atoms with Crippen LogP contribution in [0.1, 0.15) is 26.5 Å². The van der Waals surface area contributed by atoms with Crippen molar-refractivity contribution in [2.45, 2.75) is 25.1 Å². The first-order chi connectivity index (χ1) is 13.7. The lowest BCUT2D eigenvalue weighted by Gasteiger charge is -2.15. The number of rotatable bonds is 6. The zero-order valence-electron chi connectivity index (χ0n) is 15.9. The normalized spacial score (nSPS) is 12.2. The third-order valence-electron chi connectivity index (χ3n) is 3.42. The molecule has 2 heterocycles. The molecule has 0 aliphatic carbocycles. The fourth-order valence-electron chi connectivity index (χ4n) is 1.99. The molecule has 1 aromatic carbocycles. The van der Waals surface area contributed by atoms with Gasteiger partial charge in [0.05, 0.1) is 15.6 Å². The molecule has 0 radical (unpaired) electrons. The Hall–Kier alpha value is -2.50. The molecule has 11 heteroatoms. The van der Waals surface area contributed by atoms with Crippen LogP contribution >= 0.6 is 34.4 Å². The molecule has 152 valence electrons. The van der Waals surface area contributed by atoms with E-state index in [0.717, 1.165) is 22.0 Å². The van der Waals surface area contributed by atoms with Crippen LogP contribution in [-0.2, 0) is 19.2 Å². The number of oxime groups is 1. The van der Waals surface area contributed by atoms with Crippen molar-refractivity contribution in [1.29, 1.82) is 0 Å². The largest absolute Gasteiger partial charge is 0.425 e. The molecule has 0 atom stereocenters. The lowest BCUT2D eigenvalue weighted by molar-refractivity contribution is -0.165. The van der Waals surface area contributed by atoms with E-state index >= 15 is 0 Å². The number of carbonyl (C=O) groups excluding carboxylic acids is 2. The van der Waals surface area contributed by atoms with E-state index in [-0.39, 0.29) is 11.4 Å². The third kappa shape index (κ3) is 5.52. The summed E-state index contributed by atoms with van der Waals surface area (Å²) in [6, 6.07) is 7.61. The third-order valence-corrected chi connectivity index (χ3v) is 6.07. The van der Waals surface area contributed by atoms with E-state index < -0.39 is 23.3 Å². The maximum Gasteiger partial charge on any atom is 0.314 e. The van der Waals surface area contributed by atoms with Gasteiger partial charge in [-0.25, -0.2) is 9.97 Å². The van der Waals surface area contributed by atoms with Gasteiger partial charge in [0.2, 0.25) is 5.12 Å². The summed E-state index contributed by atoms with van der Waals surface area (Å²) in [5, 5.41) is 5.34. The number of nitrogen functional groups attached to an aromatic ring is 1. The smallest absolute Gasteiger partial charge is 0.314 e. The highest BCUT2D eigenvalue weighted by Gasteiger charge is 2.24. The Morgan fingerprint density at radius 2 is 2.00 bits per heavy atom. The fraction of sp³-hybridized carbons (Fsp3) is 0.278. The minimum Gasteiger partial charge on any atom is -0.425 e. The van der Waals surface area contributed by atoms with E-state index in [4.69, 9.17) is 15.3 Å². The van der Waals surface area contributed by atoms with Crippen molar-refractivity contribution in [3.63, 3.8) is 0 Å². The number of ether oxygens (including phenoxy) is 1. The number of hydrogen-bond acceptors (Lipinski definition) is 11.